The quantitative estimate of drug-likeness (QED) is 0.594. The zero-order valence-corrected chi connectivity index (χ0v) is 10.9. The molecule has 0 aromatic heterocycles. The fraction of sp³-hybridized carbons (Fsp3) is 0.700. The van der Waals surface area contributed by atoms with Crippen LogP contribution < -0.4 is 5.73 Å². The summed E-state index contributed by atoms with van der Waals surface area (Å²) in [4.78, 5) is 36.0. The maximum atomic E-state index is 11.8. The zero-order valence-electron chi connectivity index (χ0n) is 10.1. The van der Waals surface area contributed by atoms with Crippen molar-refractivity contribution < 1.29 is 24.6 Å². The van der Waals surface area contributed by atoms with Crippen LogP contribution >= 0.6 is 10.0 Å². The minimum absolute atomic E-state index is 0.0893. The predicted octanol–water partition coefficient (Wildman–Crippen LogP) is -0.377. The van der Waals surface area contributed by atoms with E-state index in [1.807, 2.05) is 0 Å². The van der Waals surface area contributed by atoms with Crippen LogP contribution in [0.2, 0.25) is 0 Å². The number of carboxylic acids is 1. The van der Waals surface area contributed by atoms with Gasteiger partial charge in [0.25, 0.3) is 5.24 Å². The number of primary amides is 1. The molecule has 0 spiro atoms. The fourth-order valence-corrected chi connectivity index (χ4v) is 6.85. The number of fused-ring (bicyclic) bond motifs is 1. The highest BCUT2D eigenvalue weighted by Gasteiger charge is 2.71. The minimum Gasteiger partial charge on any atom is -0.480 e. The molecule has 2 amide bonds. The number of nitrogens with zero attached hydrogens (tertiary/aromatic N) is 1. The van der Waals surface area contributed by atoms with Gasteiger partial charge in [-0.3, -0.25) is 9.59 Å². The molecular weight excluding hydrogens is 260 g/mol. The molecule has 1 unspecified atom stereocenters. The van der Waals surface area contributed by atoms with Crippen LogP contribution in [0, 0.1) is 0 Å². The van der Waals surface area contributed by atoms with E-state index in [2.05, 4.69) is 0 Å². The van der Waals surface area contributed by atoms with Crippen LogP contribution in [0.25, 0.3) is 0 Å². The summed E-state index contributed by atoms with van der Waals surface area (Å²) in [6.45, 7) is 3.18. The lowest BCUT2D eigenvalue weighted by atomic mass is 9.98. The van der Waals surface area contributed by atoms with Crippen LogP contribution in [0.15, 0.2) is 0 Å². The van der Waals surface area contributed by atoms with Gasteiger partial charge < -0.3 is 20.8 Å². The van der Waals surface area contributed by atoms with Crippen LogP contribution in [-0.4, -0.2) is 54.3 Å². The Hall–Kier alpha value is -1.28. The first kappa shape index (κ1) is 13.2. The van der Waals surface area contributed by atoms with Crippen molar-refractivity contribution in [3.8, 4) is 0 Å². The van der Waals surface area contributed by atoms with Gasteiger partial charge in [-0.1, -0.05) is 0 Å². The Labute approximate surface area is 105 Å². The molecule has 2 aliphatic rings. The molecule has 18 heavy (non-hydrogen) atoms. The number of carboxylic acid groups (broad SMARTS) is 1. The van der Waals surface area contributed by atoms with Crippen LogP contribution in [0.4, 0.5) is 4.79 Å². The molecule has 0 aliphatic carbocycles. The molecule has 7 nitrogen and oxygen atoms in total. The van der Waals surface area contributed by atoms with Crippen molar-refractivity contribution in [3.63, 3.8) is 0 Å². The van der Waals surface area contributed by atoms with Gasteiger partial charge in [-0.15, -0.1) is 10.0 Å². The lowest BCUT2D eigenvalue weighted by Crippen LogP contribution is -2.57. The van der Waals surface area contributed by atoms with Gasteiger partial charge in [0.2, 0.25) is 5.91 Å². The highest BCUT2D eigenvalue weighted by molar-refractivity contribution is 8.46. The van der Waals surface area contributed by atoms with Crippen LogP contribution in [0.1, 0.15) is 20.3 Å². The van der Waals surface area contributed by atoms with Crippen LogP contribution in [0.5, 0.6) is 0 Å². The summed E-state index contributed by atoms with van der Waals surface area (Å²) in [6.07, 6.45) is 0.0893. The number of carbonyl (C=O) groups is 3. The first-order valence-electron chi connectivity index (χ1n) is 5.45. The largest absolute Gasteiger partial charge is 0.480 e. The van der Waals surface area contributed by atoms with Gasteiger partial charge in [0, 0.05) is 4.75 Å². The molecule has 2 saturated heterocycles. The molecule has 2 aliphatic heterocycles. The van der Waals surface area contributed by atoms with E-state index in [4.69, 9.17) is 5.73 Å². The zero-order chi connectivity index (χ0) is 13.9. The number of aliphatic hydroxyl groups is 1. The smallest absolute Gasteiger partial charge is 0.327 e. The van der Waals surface area contributed by atoms with Gasteiger partial charge in [0.15, 0.2) is 0 Å². The molecular formula is C10H16N2O5S. The van der Waals surface area contributed by atoms with E-state index in [0.29, 0.717) is 0 Å². The van der Waals surface area contributed by atoms with E-state index in [0.717, 1.165) is 0 Å². The normalized spacial score (nSPS) is 40.6. The second kappa shape index (κ2) is 3.61. The summed E-state index contributed by atoms with van der Waals surface area (Å²) >= 11 is 0. The summed E-state index contributed by atoms with van der Waals surface area (Å²) in [5, 5.41) is 17.7. The third kappa shape index (κ3) is 1.17. The van der Waals surface area contributed by atoms with Crippen molar-refractivity contribution in [2.75, 3.05) is 5.94 Å². The van der Waals surface area contributed by atoms with Gasteiger partial charge in [-0.2, -0.15) is 0 Å². The van der Waals surface area contributed by atoms with Crippen LogP contribution in [-0.2, 0) is 9.59 Å². The number of aliphatic hydroxyl groups excluding tert-OH is 1. The Balaban J connectivity index is 2.60. The molecule has 2 rings (SSSR count). The fourth-order valence-electron chi connectivity index (χ4n) is 3.06. The van der Waals surface area contributed by atoms with Gasteiger partial charge in [0.1, 0.15) is 6.04 Å². The number of β-lactam (4-membered cyclic amide) rings is 1. The third-order valence-corrected chi connectivity index (χ3v) is 8.63. The van der Waals surface area contributed by atoms with E-state index in [9.17, 15) is 24.6 Å². The van der Waals surface area contributed by atoms with Crippen molar-refractivity contribution in [1.82, 2.24) is 4.90 Å². The molecule has 2 heterocycles. The minimum atomic E-state index is -2.44. The molecule has 102 valence electrons. The Kier molecular flexibility index (Phi) is 2.64. The molecule has 0 bridgehead atoms. The van der Waals surface area contributed by atoms with E-state index in [1.54, 1.807) is 13.8 Å². The standard InChI is InChI=1S/C10H16N2O5S/c1-10(2)7(8(15)16)12-5(14)3-6(12)18(10,4-13)9(11)17/h6-7,13H,3-4H2,1-2H3,(H2,11,17)(H,15,16)/t6-,7+/m1/s1. The molecule has 0 saturated carbocycles. The van der Waals surface area contributed by atoms with Crippen molar-refractivity contribution in [2.45, 2.75) is 36.4 Å². The van der Waals surface area contributed by atoms with E-state index in [1.165, 1.54) is 4.90 Å². The highest BCUT2D eigenvalue weighted by Crippen LogP contribution is 2.72. The average molecular weight is 276 g/mol. The summed E-state index contributed by atoms with van der Waals surface area (Å²) in [7, 11) is -2.44. The molecule has 3 atom stereocenters. The Morgan fingerprint density at radius 1 is 1.56 bits per heavy atom. The van der Waals surface area contributed by atoms with Gasteiger partial charge in [-0.05, 0) is 13.8 Å². The van der Waals surface area contributed by atoms with Crippen molar-refractivity contribution >= 4 is 27.1 Å². The Morgan fingerprint density at radius 3 is 2.39 bits per heavy atom. The van der Waals surface area contributed by atoms with E-state index < -0.39 is 43.3 Å². The van der Waals surface area contributed by atoms with Gasteiger partial charge in [0.05, 0.1) is 17.7 Å². The summed E-state index contributed by atoms with van der Waals surface area (Å²) in [5.74, 6) is -1.94. The Morgan fingerprint density at radius 2 is 2.11 bits per heavy atom. The van der Waals surface area contributed by atoms with Crippen molar-refractivity contribution in [2.24, 2.45) is 5.73 Å². The number of carbonyl (C=O) groups excluding carboxylic acids is 2. The molecule has 0 radical (unpaired) electrons. The predicted molar refractivity (Wildman–Crippen MR) is 65.0 cm³/mol. The lowest BCUT2D eigenvalue weighted by molar-refractivity contribution is -0.157. The first-order valence-corrected chi connectivity index (χ1v) is 7.32. The molecule has 2 fully saturated rings. The van der Waals surface area contributed by atoms with Crippen molar-refractivity contribution in [3.05, 3.63) is 0 Å². The van der Waals surface area contributed by atoms with Crippen molar-refractivity contribution in [1.29, 1.82) is 0 Å². The first-order chi connectivity index (χ1) is 8.21. The second-order valence-electron chi connectivity index (χ2n) is 5.05. The maximum Gasteiger partial charge on any atom is 0.327 e. The number of aliphatic carboxylic acids is 1. The number of amides is 2. The SMILES string of the molecule is CC1(C)[C@H](C(=O)O)N2C(=O)C[C@H]2S1(CO)C(N)=O. The monoisotopic (exact) mass is 276 g/mol. The maximum absolute atomic E-state index is 11.8. The van der Waals surface area contributed by atoms with Crippen LogP contribution in [0.3, 0.4) is 0 Å². The lowest BCUT2D eigenvalue weighted by Gasteiger charge is -2.47. The molecule has 0 aromatic rings. The highest BCUT2D eigenvalue weighted by atomic mass is 32.3. The topological polar surface area (TPSA) is 121 Å². The summed E-state index contributed by atoms with van der Waals surface area (Å²) in [5.41, 5.74) is 5.42. The summed E-state index contributed by atoms with van der Waals surface area (Å²) < 4.78 is -1.03. The number of nitrogens with two attached hydrogens (primary N) is 1. The van der Waals surface area contributed by atoms with E-state index >= 15 is 0 Å². The molecule has 8 heteroatoms. The number of hydrogen-bond donors (Lipinski definition) is 3. The molecule has 4 N–H and O–H groups in total. The molecule has 0 aromatic carbocycles. The average Bonchev–Trinajstić information content (AvgIpc) is 2.40. The second-order valence-corrected chi connectivity index (χ2v) is 8.89. The Bertz CT molecular complexity index is 452. The van der Waals surface area contributed by atoms with E-state index in [-0.39, 0.29) is 12.3 Å². The third-order valence-electron chi connectivity index (χ3n) is 4.08. The van der Waals surface area contributed by atoms with Gasteiger partial charge in [-0.25, -0.2) is 4.79 Å². The number of rotatable bonds is 2. The number of hydrogen-bond acceptors (Lipinski definition) is 4. The summed E-state index contributed by atoms with van der Waals surface area (Å²) in [6, 6.07) is -1.10. The van der Waals surface area contributed by atoms with Gasteiger partial charge >= 0.3 is 5.97 Å².